The largest absolute Gasteiger partial charge is 0.346 e. The van der Waals surface area contributed by atoms with E-state index in [9.17, 15) is 4.79 Å². The summed E-state index contributed by atoms with van der Waals surface area (Å²) in [5, 5.41) is 5.73. The topological polar surface area (TPSA) is 67.2 Å². The molecular weight excluding hydrogens is 384 g/mol. The molecule has 0 amide bonds. The molecule has 8 heteroatoms. The van der Waals surface area contributed by atoms with Crippen molar-refractivity contribution in [3.8, 4) is 11.3 Å². The van der Waals surface area contributed by atoms with Crippen LogP contribution in [-0.4, -0.2) is 57.4 Å². The summed E-state index contributed by atoms with van der Waals surface area (Å²) in [6.45, 7) is 5.38. The van der Waals surface area contributed by atoms with E-state index in [-0.39, 0.29) is 5.56 Å². The lowest BCUT2D eigenvalue weighted by Crippen LogP contribution is -2.47. The van der Waals surface area contributed by atoms with Crippen LogP contribution in [-0.2, 0) is 19.4 Å². The quantitative estimate of drug-likeness (QED) is 0.644. The minimum Gasteiger partial charge on any atom is -0.346 e. The first-order chi connectivity index (χ1) is 14.3. The highest BCUT2D eigenvalue weighted by Crippen LogP contribution is 2.32. The van der Waals surface area contributed by atoms with E-state index >= 15 is 0 Å². The molecule has 3 aromatic heterocycles. The Hall–Kier alpha value is -2.58. The van der Waals surface area contributed by atoms with Crippen LogP contribution in [0.4, 0.5) is 5.13 Å². The molecule has 0 saturated carbocycles. The zero-order chi connectivity index (χ0) is 19.6. The predicted octanol–water partition coefficient (Wildman–Crippen LogP) is 2.07. The molecule has 29 heavy (non-hydrogen) atoms. The zero-order valence-corrected chi connectivity index (χ0v) is 17.1. The fourth-order valence-corrected chi connectivity index (χ4v) is 5.19. The molecule has 0 N–H and O–H groups in total. The molecule has 0 aromatic carbocycles. The first kappa shape index (κ1) is 18.4. The maximum Gasteiger partial charge on any atom is 0.266 e. The van der Waals surface area contributed by atoms with Gasteiger partial charge in [0.2, 0.25) is 0 Å². The summed E-state index contributed by atoms with van der Waals surface area (Å²) >= 11 is 1.88. The third kappa shape index (κ3) is 3.95. The van der Waals surface area contributed by atoms with Gasteiger partial charge in [-0.05, 0) is 37.5 Å². The number of nitrogens with zero attached hydrogens (tertiary/aromatic N) is 6. The van der Waals surface area contributed by atoms with Crippen molar-refractivity contribution in [2.75, 3.05) is 37.6 Å². The summed E-state index contributed by atoms with van der Waals surface area (Å²) in [5.41, 5.74) is 2.96. The average molecular weight is 409 g/mol. The number of fused-ring (bicyclic) bond motifs is 1. The summed E-state index contributed by atoms with van der Waals surface area (Å²) in [6.07, 6.45) is 7.11. The number of aromatic nitrogens is 4. The van der Waals surface area contributed by atoms with Gasteiger partial charge in [-0.2, -0.15) is 5.10 Å². The van der Waals surface area contributed by atoms with Crippen molar-refractivity contribution in [2.45, 2.75) is 25.8 Å². The molecule has 150 valence electrons. The van der Waals surface area contributed by atoms with Crippen molar-refractivity contribution in [1.82, 2.24) is 24.6 Å². The number of rotatable bonds is 5. The van der Waals surface area contributed by atoms with Crippen molar-refractivity contribution in [2.24, 2.45) is 0 Å². The van der Waals surface area contributed by atoms with Gasteiger partial charge in [-0.25, -0.2) is 9.67 Å². The number of hydrogen-bond acceptors (Lipinski definition) is 7. The summed E-state index contributed by atoms with van der Waals surface area (Å²) in [5.74, 6) is 0. The van der Waals surface area contributed by atoms with E-state index in [1.807, 2.05) is 23.5 Å². The number of thiazole rings is 1. The highest BCUT2D eigenvalue weighted by molar-refractivity contribution is 7.15. The Bertz CT molecular complexity index is 1020. The second-order valence-corrected chi connectivity index (χ2v) is 8.63. The molecule has 5 rings (SSSR count). The summed E-state index contributed by atoms with van der Waals surface area (Å²) in [7, 11) is 0. The molecule has 4 heterocycles. The fourth-order valence-electron chi connectivity index (χ4n) is 3.99. The molecule has 0 spiro atoms. The summed E-state index contributed by atoms with van der Waals surface area (Å²) < 4.78 is 1.57. The Kier molecular flexibility index (Phi) is 5.12. The van der Waals surface area contributed by atoms with Crippen LogP contribution in [0.1, 0.15) is 17.0 Å². The van der Waals surface area contributed by atoms with Crippen molar-refractivity contribution < 1.29 is 0 Å². The Morgan fingerprint density at radius 2 is 1.93 bits per heavy atom. The molecule has 1 aliphatic heterocycles. The van der Waals surface area contributed by atoms with Crippen molar-refractivity contribution >= 4 is 16.5 Å². The van der Waals surface area contributed by atoms with Crippen molar-refractivity contribution in [3.63, 3.8) is 0 Å². The third-order valence-electron chi connectivity index (χ3n) is 5.68. The summed E-state index contributed by atoms with van der Waals surface area (Å²) in [6, 6.07) is 7.19. The van der Waals surface area contributed by atoms with Gasteiger partial charge in [0.05, 0.1) is 17.9 Å². The van der Waals surface area contributed by atoms with E-state index in [2.05, 4.69) is 19.9 Å². The second kappa shape index (κ2) is 8.04. The van der Waals surface area contributed by atoms with Crippen LogP contribution in [0.3, 0.4) is 0 Å². The average Bonchev–Trinajstić information content (AvgIpc) is 3.37. The summed E-state index contributed by atoms with van der Waals surface area (Å²) in [4.78, 5) is 27.5. The molecule has 1 aliphatic carbocycles. The molecule has 7 nitrogen and oxygen atoms in total. The molecule has 3 aromatic rings. The lowest BCUT2D eigenvalue weighted by Gasteiger charge is -2.34. The van der Waals surface area contributed by atoms with Gasteiger partial charge in [-0.15, -0.1) is 11.3 Å². The highest BCUT2D eigenvalue weighted by Gasteiger charge is 2.23. The number of anilines is 1. The van der Waals surface area contributed by atoms with Crippen LogP contribution >= 0.6 is 11.3 Å². The highest BCUT2D eigenvalue weighted by atomic mass is 32.1. The predicted molar refractivity (Wildman–Crippen MR) is 115 cm³/mol. The van der Waals surface area contributed by atoms with Crippen LogP contribution in [0, 0.1) is 0 Å². The van der Waals surface area contributed by atoms with Gasteiger partial charge in [0.25, 0.3) is 5.56 Å². The third-order valence-corrected chi connectivity index (χ3v) is 6.90. The minimum absolute atomic E-state index is 0.0615. The first-order valence-corrected chi connectivity index (χ1v) is 11.0. The number of piperazine rings is 1. The van der Waals surface area contributed by atoms with E-state index in [4.69, 9.17) is 4.98 Å². The molecule has 2 aliphatic rings. The van der Waals surface area contributed by atoms with Crippen LogP contribution in [0.25, 0.3) is 11.3 Å². The molecule has 0 unspecified atom stereocenters. The maximum absolute atomic E-state index is 12.2. The molecule has 0 radical (unpaired) electrons. The van der Waals surface area contributed by atoms with Gasteiger partial charge in [0.15, 0.2) is 5.13 Å². The number of hydrogen-bond donors (Lipinski definition) is 0. The molecular formula is C21H24N6OS. The standard InChI is InChI=1S/C21H24N6OS/c28-20-7-6-17(16-3-2-8-22-15-16)24-27(20)14-11-25-9-12-26(13-10-25)21-23-18-4-1-5-19(18)29-21/h2-3,6-8,15H,1,4-5,9-14H2. The van der Waals surface area contributed by atoms with Crippen LogP contribution in [0.2, 0.25) is 0 Å². The normalized spacial score (nSPS) is 16.9. The second-order valence-electron chi connectivity index (χ2n) is 7.57. The number of aryl methyl sites for hydroxylation is 2. The lowest BCUT2D eigenvalue weighted by atomic mass is 10.2. The molecule has 0 bridgehead atoms. The monoisotopic (exact) mass is 408 g/mol. The Morgan fingerprint density at radius 1 is 1.03 bits per heavy atom. The van der Waals surface area contributed by atoms with Crippen LogP contribution in [0.15, 0.2) is 41.5 Å². The van der Waals surface area contributed by atoms with Crippen molar-refractivity contribution in [3.05, 3.63) is 57.6 Å². The van der Waals surface area contributed by atoms with E-state index < -0.39 is 0 Å². The minimum atomic E-state index is -0.0615. The molecule has 1 saturated heterocycles. The van der Waals surface area contributed by atoms with Gasteiger partial charge in [-0.3, -0.25) is 14.7 Å². The zero-order valence-electron chi connectivity index (χ0n) is 16.3. The smallest absolute Gasteiger partial charge is 0.266 e. The van der Waals surface area contributed by atoms with E-state index in [1.54, 1.807) is 29.2 Å². The molecule has 1 fully saturated rings. The van der Waals surface area contributed by atoms with E-state index in [0.717, 1.165) is 50.4 Å². The lowest BCUT2D eigenvalue weighted by molar-refractivity contribution is 0.243. The Labute approximate surface area is 173 Å². The van der Waals surface area contributed by atoms with E-state index in [0.29, 0.717) is 6.54 Å². The Balaban J connectivity index is 1.19. The van der Waals surface area contributed by atoms with Gasteiger partial charge in [0.1, 0.15) is 0 Å². The van der Waals surface area contributed by atoms with Crippen molar-refractivity contribution in [1.29, 1.82) is 0 Å². The Morgan fingerprint density at radius 3 is 2.72 bits per heavy atom. The van der Waals surface area contributed by atoms with Gasteiger partial charge < -0.3 is 4.90 Å². The van der Waals surface area contributed by atoms with Crippen LogP contribution < -0.4 is 10.5 Å². The van der Waals surface area contributed by atoms with Gasteiger partial charge in [-0.1, -0.05) is 0 Å². The van der Waals surface area contributed by atoms with Gasteiger partial charge >= 0.3 is 0 Å². The fraction of sp³-hybridized carbons (Fsp3) is 0.429. The molecule has 0 atom stereocenters. The first-order valence-electron chi connectivity index (χ1n) is 10.2. The number of pyridine rings is 1. The van der Waals surface area contributed by atoms with E-state index in [1.165, 1.54) is 28.5 Å². The maximum atomic E-state index is 12.2. The SMILES string of the molecule is O=c1ccc(-c2cccnc2)nn1CCN1CCN(c2nc3c(s2)CCC3)CC1. The van der Waals surface area contributed by atoms with Gasteiger partial charge in [0, 0.05) is 61.6 Å². The van der Waals surface area contributed by atoms with Crippen LogP contribution in [0.5, 0.6) is 0 Å².